The van der Waals surface area contributed by atoms with Gasteiger partial charge in [0.1, 0.15) is 0 Å². The van der Waals surface area contributed by atoms with Crippen LogP contribution in [-0.4, -0.2) is 26.3 Å². The number of anilines is 1. The van der Waals surface area contributed by atoms with Crippen molar-refractivity contribution in [3.8, 4) is 0 Å². The molecule has 136 valence electrons. The molecule has 0 heterocycles. The first kappa shape index (κ1) is 19.1. The lowest BCUT2D eigenvalue weighted by molar-refractivity contribution is -0.384. The number of rotatable bonds is 6. The standard InChI is InChI=1S/C17H17N3O5S/c1-12-11-14(20(22)23)6-9-16(12)19-26(24,25)15-7-3-13(4-8-15)5-10-17(21)18-2/h3-11,19H,1-2H3,(H,18,21)/b10-5+. The number of hydrogen-bond acceptors (Lipinski definition) is 5. The van der Waals surface area contributed by atoms with E-state index in [1.165, 1.54) is 43.5 Å². The number of nitro benzene ring substituents is 1. The van der Waals surface area contributed by atoms with Crippen molar-refractivity contribution in [1.82, 2.24) is 5.32 Å². The Morgan fingerprint density at radius 3 is 2.35 bits per heavy atom. The van der Waals surface area contributed by atoms with Crippen molar-refractivity contribution in [2.75, 3.05) is 11.8 Å². The summed E-state index contributed by atoms with van der Waals surface area (Å²) >= 11 is 0. The highest BCUT2D eigenvalue weighted by atomic mass is 32.2. The molecule has 2 N–H and O–H groups in total. The summed E-state index contributed by atoms with van der Waals surface area (Å²) in [5, 5.41) is 13.2. The minimum atomic E-state index is -3.84. The molecule has 0 fully saturated rings. The lowest BCUT2D eigenvalue weighted by Gasteiger charge is -2.10. The number of nitrogens with zero attached hydrogens (tertiary/aromatic N) is 1. The molecule has 0 saturated heterocycles. The highest BCUT2D eigenvalue weighted by molar-refractivity contribution is 7.92. The van der Waals surface area contributed by atoms with Crippen molar-refractivity contribution in [3.63, 3.8) is 0 Å². The summed E-state index contributed by atoms with van der Waals surface area (Å²) in [6, 6.07) is 9.83. The van der Waals surface area contributed by atoms with E-state index < -0.39 is 14.9 Å². The summed E-state index contributed by atoms with van der Waals surface area (Å²) in [5.74, 6) is -0.267. The number of sulfonamides is 1. The number of aryl methyl sites for hydroxylation is 1. The van der Waals surface area contributed by atoms with Crippen molar-refractivity contribution in [2.45, 2.75) is 11.8 Å². The van der Waals surface area contributed by atoms with Crippen LogP contribution in [-0.2, 0) is 14.8 Å². The lowest BCUT2D eigenvalue weighted by atomic mass is 10.2. The van der Waals surface area contributed by atoms with Gasteiger partial charge in [0.15, 0.2) is 0 Å². The van der Waals surface area contributed by atoms with Gasteiger partial charge in [-0.05, 0) is 42.3 Å². The number of hydrogen-bond donors (Lipinski definition) is 2. The van der Waals surface area contributed by atoms with Crippen molar-refractivity contribution < 1.29 is 18.1 Å². The molecule has 0 saturated carbocycles. The molecular formula is C17H17N3O5S. The lowest BCUT2D eigenvalue weighted by Crippen LogP contribution is -2.14. The molecule has 2 rings (SSSR count). The Morgan fingerprint density at radius 1 is 1.15 bits per heavy atom. The molecule has 2 aromatic rings. The second-order valence-corrected chi connectivity index (χ2v) is 7.06. The second kappa shape index (κ2) is 7.79. The van der Waals surface area contributed by atoms with Gasteiger partial charge in [-0.3, -0.25) is 19.6 Å². The fourth-order valence-electron chi connectivity index (χ4n) is 2.09. The predicted octanol–water partition coefficient (Wildman–Crippen LogP) is 2.46. The summed E-state index contributed by atoms with van der Waals surface area (Å²) in [4.78, 5) is 21.4. The van der Waals surface area contributed by atoms with Gasteiger partial charge in [0.05, 0.1) is 15.5 Å². The molecule has 0 radical (unpaired) electrons. The summed E-state index contributed by atoms with van der Waals surface area (Å²) in [6.07, 6.45) is 2.89. The number of nitrogens with one attached hydrogen (secondary N) is 2. The van der Waals surface area contributed by atoms with E-state index in [9.17, 15) is 23.3 Å². The second-order valence-electron chi connectivity index (χ2n) is 5.38. The third kappa shape index (κ3) is 4.67. The largest absolute Gasteiger partial charge is 0.356 e. The Balaban J connectivity index is 2.21. The predicted molar refractivity (Wildman–Crippen MR) is 98.2 cm³/mol. The van der Waals surface area contributed by atoms with Gasteiger partial charge in [-0.15, -0.1) is 0 Å². The summed E-state index contributed by atoms with van der Waals surface area (Å²) < 4.78 is 27.4. The van der Waals surface area contributed by atoms with Gasteiger partial charge >= 0.3 is 0 Å². The minimum absolute atomic E-state index is 0.0346. The first-order valence-electron chi connectivity index (χ1n) is 7.50. The highest BCUT2D eigenvalue weighted by Gasteiger charge is 2.16. The SMILES string of the molecule is CNC(=O)/C=C/c1ccc(S(=O)(=O)Nc2ccc([N+](=O)[O-])cc2C)cc1. The van der Waals surface area contributed by atoms with Crippen LogP contribution in [0.15, 0.2) is 53.4 Å². The maximum atomic E-state index is 12.5. The molecule has 0 bridgehead atoms. The minimum Gasteiger partial charge on any atom is -0.356 e. The van der Waals surface area contributed by atoms with Gasteiger partial charge in [0.2, 0.25) is 5.91 Å². The van der Waals surface area contributed by atoms with E-state index in [4.69, 9.17) is 0 Å². The average molecular weight is 375 g/mol. The average Bonchev–Trinajstić information content (AvgIpc) is 2.61. The molecular weight excluding hydrogens is 358 g/mol. The van der Waals surface area contributed by atoms with E-state index in [1.54, 1.807) is 25.1 Å². The Kier molecular flexibility index (Phi) is 5.73. The van der Waals surface area contributed by atoms with Gasteiger partial charge in [0, 0.05) is 25.3 Å². The fraction of sp³-hybridized carbons (Fsp3) is 0.118. The van der Waals surface area contributed by atoms with Crippen LogP contribution in [0.3, 0.4) is 0 Å². The van der Waals surface area contributed by atoms with Gasteiger partial charge in [0.25, 0.3) is 15.7 Å². The number of benzene rings is 2. The topological polar surface area (TPSA) is 118 Å². The number of likely N-dealkylation sites (N-methyl/N-ethyl adjacent to an activating group) is 1. The molecule has 0 aliphatic carbocycles. The third-order valence-electron chi connectivity index (χ3n) is 3.53. The molecule has 1 amide bonds. The van der Waals surface area contributed by atoms with Gasteiger partial charge in [-0.25, -0.2) is 8.42 Å². The van der Waals surface area contributed by atoms with Crippen molar-refractivity contribution >= 4 is 33.4 Å². The Labute approximate surface area is 150 Å². The van der Waals surface area contributed by atoms with Gasteiger partial charge < -0.3 is 5.32 Å². The van der Waals surface area contributed by atoms with Crippen LogP contribution in [0.4, 0.5) is 11.4 Å². The zero-order valence-electron chi connectivity index (χ0n) is 14.1. The molecule has 0 aliphatic heterocycles. The number of carbonyl (C=O) groups excluding carboxylic acids is 1. The summed E-state index contributed by atoms with van der Waals surface area (Å²) in [7, 11) is -2.34. The zero-order valence-corrected chi connectivity index (χ0v) is 14.9. The maximum absolute atomic E-state index is 12.5. The fourth-order valence-corrected chi connectivity index (χ4v) is 3.22. The monoisotopic (exact) mass is 375 g/mol. The van der Waals surface area contributed by atoms with E-state index in [2.05, 4.69) is 10.0 Å². The summed E-state index contributed by atoms with van der Waals surface area (Å²) in [6.45, 7) is 1.58. The van der Waals surface area contributed by atoms with Crippen molar-refractivity contribution in [2.24, 2.45) is 0 Å². The first-order valence-corrected chi connectivity index (χ1v) is 8.99. The van der Waals surface area contributed by atoms with Gasteiger partial charge in [-0.1, -0.05) is 12.1 Å². The quantitative estimate of drug-likeness (QED) is 0.457. The number of amides is 1. The van der Waals surface area contributed by atoms with Gasteiger partial charge in [-0.2, -0.15) is 0 Å². The van der Waals surface area contributed by atoms with Crippen LogP contribution in [0.1, 0.15) is 11.1 Å². The van der Waals surface area contributed by atoms with E-state index >= 15 is 0 Å². The van der Waals surface area contributed by atoms with E-state index in [1.807, 2.05) is 0 Å². The molecule has 0 unspecified atom stereocenters. The van der Waals surface area contributed by atoms with Crippen LogP contribution in [0.2, 0.25) is 0 Å². The van der Waals surface area contributed by atoms with Crippen LogP contribution >= 0.6 is 0 Å². The maximum Gasteiger partial charge on any atom is 0.269 e. The Bertz CT molecular complexity index is 966. The van der Waals surface area contributed by atoms with E-state index in [-0.39, 0.29) is 22.2 Å². The van der Waals surface area contributed by atoms with Crippen LogP contribution in [0, 0.1) is 17.0 Å². The number of carbonyl (C=O) groups is 1. The van der Waals surface area contributed by atoms with Crippen LogP contribution < -0.4 is 10.0 Å². The molecule has 26 heavy (non-hydrogen) atoms. The molecule has 2 aromatic carbocycles. The third-order valence-corrected chi connectivity index (χ3v) is 4.91. The molecule has 8 nitrogen and oxygen atoms in total. The van der Waals surface area contributed by atoms with E-state index in [0.717, 1.165) is 0 Å². The van der Waals surface area contributed by atoms with Crippen LogP contribution in [0.25, 0.3) is 6.08 Å². The van der Waals surface area contributed by atoms with Crippen LogP contribution in [0.5, 0.6) is 0 Å². The molecule has 0 aliphatic rings. The zero-order chi connectivity index (χ0) is 19.3. The highest BCUT2D eigenvalue weighted by Crippen LogP contribution is 2.24. The molecule has 0 atom stereocenters. The Morgan fingerprint density at radius 2 is 1.81 bits per heavy atom. The smallest absolute Gasteiger partial charge is 0.269 e. The van der Waals surface area contributed by atoms with E-state index in [0.29, 0.717) is 11.1 Å². The Hall–Kier alpha value is -3.20. The normalized spacial score (nSPS) is 11.3. The van der Waals surface area contributed by atoms with Crippen molar-refractivity contribution in [1.29, 1.82) is 0 Å². The molecule has 9 heteroatoms. The number of non-ortho nitro benzene ring substituents is 1. The summed E-state index contributed by atoms with van der Waals surface area (Å²) in [5.41, 5.74) is 1.25. The molecule has 0 aromatic heterocycles. The first-order chi connectivity index (χ1) is 12.2. The van der Waals surface area contributed by atoms with Crippen molar-refractivity contribution in [3.05, 3.63) is 69.8 Å². The number of nitro groups is 1. The molecule has 0 spiro atoms.